The average Bonchev–Trinajstić information content (AvgIpc) is 3.01. The Balaban J connectivity index is 1.53. The molecule has 21 heavy (non-hydrogen) atoms. The maximum Gasteiger partial charge on any atom is 0.340 e. The number of rotatable bonds is 2. The summed E-state index contributed by atoms with van der Waals surface area (Å²) in [5.41, 5.74) is 1.34. The number of fused-ring (bicyclic) bond motifs is 3. The van der Waals surface area contributed by atoms with Gasteiger partial charge in [0.15, 0.2) is 0 Å². The molecular weight excluding hydrogens is 266 g/mol. The Kier molecular flexibility index (Phi) is 2.96. The molecule has 2 aromatic rings. The minimum absolute atomic E-state index is 0.0457. The van der Waals surface area contributed by atoms with Gasteiger partial charge >= 0.3 is 5.97 Å². The first-order valence-electron chi connectivity index (χ1n) is 7.57. The van der Waals surface area contributed by atoms with Crippen molar-refractivity contribution in [2.45, 2.75) is 43.9 Å². The van der Waals surface area contributed by atoms with E-state index < -0.39 is 0 Å². The molecule has 0 spiro atoms. The number of carbonyl (C=O) groups is 1. The fourth-order valence-corrected chi connectivity index (χ4v) is 3.81. The predicted molar refractivity (Wildman–Crippen MR) is 79.1 cm³/mol. The first kappa shape index (κ1) is 12.8. The van der Waals surface area contributed by atoms with Gasteiger partial charge < -0.3 is 9.64 Å². The third-order valence-electron chi connectivity index (χ3n) is 5.03. The van der Waals surface area contributed by atoms with Crippen LogP contribution in [0.15, 0.2) is 24.4 Å². The van der Waals surface area contributed by atoms with E-state index in [1.54, 1.807) is 12.3 Å². The topological polar surface area (TPSA) is 58.2 Å². The summed E-state index contributed by atoms with van der Waals surface area (Å²) in [5, 5.41) is 7.82. The highest BCUT2D eigenvalue weighted by Crippen LogP contribution is 2.35. The van der Waals surface area contributed by atoms with Gasteiger partial charge in [0.1, 0.15) is 6.10 Å². The van der Waals surface area contributed by atoms with Crippen molar-refractivity contribution < 1.29 is 9.53 Å². The monoisotopic (exact) mass is 285 g/mol. The molecule has 5 nitrogen and oxygen atoms in total. The van der Waals surface area contributed by atoms with E-state index in [1.165, 1.54) is 12.8 Å². The summed E-state index contributed by atoms with van der Waals surface area (Å²) in [6.07, 6.45) is 6.14. The van der Waals surface area contributed by atoms with Crippen molar-refractivity contribution in [3.63, 3.8) is 0 Å². The SMILES string of the molecule is CN1C2CCC1CC(OC(=O)c1cccc3cn[nH]c13)C2. The third-order valence-corrected chi connectivity index (χ3v) is 5.03. The van der Waals surface area contributed by atoms with Gasteiger partial charge in [0, 0.05) is 30.3 Å². The lowest BCUT2D eigenvalue weighted by Gasteiger charge is -2.35. The summed E-state index contributed by atoms with van der Waals surface area (Å²) in [7, 11) is 2.19. The molecular formula is C16H19N3O2. The number of aromatic amines is 1. The van der Waals surface area contributed by atoms with Gasteiger partial charge in [-0.25, -0.2) is 4.79 Å². The highest BCUT2D eigenvalue weighted by atomic mass is 16.5. The summed E-state index contributed by atoms with van der Waals surface area (Å²) in [4.78, 5) is 14.9. The summed E-state index contributed by atoms with van der Waals surface area (Å²) >= 11 is 0. The number of nitrogens with zero attached hydrogens (tertiary/aromatic N) is 2. The van der Waals surface area contributed by atoms with Crippen LogP contribution in [0.3, 0.4) is 0 Å². The van der Waals surface area contributed by atoms with Crippen LogP contribution in [0.5, 0.6) is 0 Å². The Labute approximate surface area is 123 Å². The number of aromatic nitrogens is 2. The van der Waals surface area contributed by atoms with E-state index in [0.29, 0.717) is 17.6 Å². The van der Waals surface area contributed by atoms with E-state index in [1.807, 2.05) is 12.1 Å². The molecule has 2 saturated heterocycles. The van der Waals surface area contributed by atoms with E-state index >= 15 is 0 Å². The molecule has 2 bridgehead atoms. The fourth-order valence-electron chi connectivity index (χ4n) is 3.81. The van der Waals surface area contributed by atoms with Crippen LogP contribution < -0.4 is 0 Å². The number of hydrogen-bond acceptors (Lipinski definition) is 4. The zero-order valence-corrected chi connectivity index (χ0v) is 12.1. The minimum Gasteiger partial charge on any atom is -0.459 e. The van der Waals surface area contributed by atoms with Gasteiger partial charge in [0.25, 0.3) is 0 Å². The molecule has 110 valence electrons. The summed E-state index contributed by atoms with van der Waals surface area (Å²) in [6, 6.07) is 6.75. The largest absolute Gasteiger partial charge is 0.459 e. The van der Waals surface area contributed by atoms with Crippen LogP contribution in [-0.2, 0) is 4.74 Å². The van der Waals surface area contributed by atoms with E-state index in [-0.39, 0.29) is 12.1 Å². The third kappa shape index (κ3) is 2.12. The number of esters is 1. The molecule has 5 heteroatoms. The van der Waals surface area contributed by atoms with Crippen molar-refractivity contribution in [3.8, 4) is 0 Å². The van der Waals surface area contributed by atoms with Crippen LogP contribution in [0.4, 0.5) is 0 Å². The van der Waals surface area contributed by atoms with Gasteiger partial charge in [-0.15, -0.1) is 0 Å². The van der Waals surface area contributed by atoms with E-state index in [4.69, 9.17) is 4.74 Å². The quantitative estimate of drug-likeness (QED) is 0.860. The molecule has 0 amide bonds. The molecule has 1 N–H and O–H groups in total. The van der Waals surface area contributed by atoms with Gasteiger partial charge in [0.2, 0.25) is 0 Å². The molecule has 2 aliphatic heterocycles. The first-order valence-corrected chi connectivity index (χ1v) is 7.57. The first-order chi connectivity index (χ1) is 10.2. The average molecular weight is 285 g/mol. The summed E-state index contributed by atoms with van der Waals surface area (Å²) in [5.74, 6) is -0.237. The molecule has 0 saturated carbocycles. The molecule has 2 fully saturated rings. The lowest BCUT2D eigenvalue weighted by atomic mass is 10.0. The van der Waals surface area contributed by atoms with Crippen molar-refractivity contribution in [2.75, 3.05) is 7.05 Å². The molecule has 2 aliphatic rings. The van der Waals surface area contributed by atoms with Gasteiger partial charge in [-0.05, 0) is 26.0 Å². The molecule has 0 aliphatic carbocycles. The second-order valence-corrected chi connectivity index (χ2v) is 6.19. The summed E-state index contributed by atoms with van der Waals surface area (Å²) < 4.78 is 5.77. The summed E-state index contributed by atoms with van der Waals surface area (Å²) in [6.45, 7) is 0. The number of H-pyrrole nitrogens is 1. The standard InChI is InChI=1S/C16H19N3O2/c1-19-11-5-6-12(19)8-13(7-11)21-16(20)14-4-2-3-10-9-17-18-15(10)14/h2-4,9,11-13H,5-8H2,1H3,(H,17,18). The van der Waals surface area contributed by atoms with Crippen LogP contribution in [0.1, 0.15) is 36.0 Å². The Morgan fingerprint density at radius 2 is 2.10 bits per heavy atom. The van der Waals surface area contributed by atoms with Crippen molar-refractivity contribution >= 4 is 16.9 Å². The number of benzene rings is 1. The Hall–Kier alpha value is -1.88. The number of hydrogen-bond donors (Lipinski definition) is 1. The van der Waals surface area contributed by atoms with Crippen molar-refractivity contribution in [3.05, 3.63) is 30.0 Å². The smallest absolute Gasteiger partial charge is 0.340 e. The zero-order chi connectivity index (χ0) is 14.4. The molecule has 1 aromatic heterocycles. The van der Waals surface area contributed by atoms with Gasteiger partial charge in [-0.3, -0.25) is 5.10 Å². The Bertz CT molecular complexity index is 667. The molecule has 4 rings (SSSR count). The van der Waals surface area contributed by atoms with Crippen LogP contribution in [-0.4, -0.2) is 46.3 Å². The van der Waals surface area contributed by atoms with Crippen LogP contribution in [0.25, 0.3) is 10.9 Å². The van der Waals surface area contributed by atoms with Crippen LogP contribution in [0, 0.1) is 0 Å². The van der Waals surface area contributed by atoms with E-state index in [9.17, 15) is 4.79 Å². The maximum atomic E-state index is 12.5. The molecule has 0 radical (unpaired) electrons. The lowest BCUT2D eigenvalue weighted by Crippen LogP contribution is -2.43. The minimum atomic E-state index is -0.237. The van der Waals surface area contributed by atoms with E-state index in [0.717, 1.165) is 23.7 Å². The Morgan fingerprint density at radius 1 is 1.33 bits per heavy atom. The predicted octanol–water partition coefficient (Wildman–Crippen LogP) is 2.34. The van der Waals surface area contributed by atoms with Crippen LogP contribution >= 0.6 is 0 Å². The second-order valence-electron chi connectivity index (χ2n) is 6.19. The van der Waals surface area contributed by atoms with E-state index in [2.05, 4.69) is 22.1 Å². The molecule has 3 heterocycles. The van der Waals surface area contributed by atoms with Gasteiger partial charge in [-0.2, -0.15) is 5.10 Å². The molecule has 2 atom stereocenters. The molecule has 1 aromatic carbocycles. The fraction of sp³-hybridized carbons (Fsp3) is 0.500. The maximum absolute atomic E-state index is 12.5. The number of piperidine rings is 1. The van der Waals surface area contributed by atoms with Crippen molar-refractivity contribution in [2.24, 2.45) is 0 Å². The number of ether oxygens (including phenoxy) is 1. The number of para-hydroxylation sites is 1. The van der Waals surface area contributed by atoms with Crippen molar-refractivity contribution in [1.82, 2.24) is 15.1 Å². The highest BCUT2D eigenvalue weighted by Gasteiger charge is 2.40. The van der Waals surface area contributed by atoms with Gasteiger partial charge in [-0.1, -0.05) is 12.1 Å². The molecule has 2 unspecified atom stereocenters. The lowest BCUT2D eigenvalue weighted by molar-refractivity contribution is -0.000282. The zero-order valence-electron chi connectivity index (χ0n) is 12.1. The number of carbonyl (C=O) groups excluding carboxylic acids is 1. The van der Waals surface area contributed by atoms with Crippen LogP contribution in [0.2, 0.25) is 0 Å². The highest BCUT2D eigenvalue weighted by molar-refractivity contribution is 6.02. The normalized spacial score (nSPS) is 28.9. The number of nitrogens with one attached hydrogen (secondary N) is 1. The van der Waals surface area contributed by atoms with Gasteiger partial charge in [0.05, 0.1) is 17.3 Å². The second kappa shape index (κ2) is 4.84. The van der Waals surface area contributed by atoms with Crippen molar-refractivity contribution in [1.29, 1.82) is 0 Å². The Morgan fingerprint density at radius 3 is 2.86 bits per heavy atom.